The molecule has 0 atom stereocenters. The first-order valence-corrected chi connectivity index (χ1v) is 4.05. The van der Waals surface area contributed by atoms with Crippen LogP contribution in [0.15, 0.2) is 28.7 Å². The number of hydrogen-bond acceptors (Lipinski definition) is 2. The molecule has 0 saturated carbocycles. The Morgan fingerprint density at radius 3 is 2.90 bits per heavy atom. The summed E-state index contributed by atoms with van der Waals surface area (Å²) in [5, 5.41) is 0. The molecular weight excluding hydrogens is 306 g/mol. The summed E-state index contributed by atoms with van der Waals surface area (Å²) in [6.45, 7) is 0. The van der Waals surface area contributed by atoms with Crippen LogP contribution in [-0.4, -0.2) is 4.98 Å². The van der Waals surface area contributed by atoms with Crippen LogP contribution in [0.5, 0.6) is 0 Å². The van der Waals surface area contributed by atoms with Crippen molar-refractivity contribution in [3.05, 3.63) is 24.3 Å². The van der Waals surface area contributed by atoms with Crippen molar-refractivity contribution >= 4 is 15.5 Å². The van der Waals surface area contributed by atoms with Crippen molar-refractivity contribution in [3.63, 3.8) is 0 Å². The predicted octanol–water partition coefficient (Wildman–Crippen LogP) is 1.000. The number of nitrogens with zero attached hydrogens (tertiary/aromatic N) is 1. The van der Waals surface area contributed by atoms with Gasteiger partial charge in [-0.3, -0.25) is 0 Å². The molecule has 10 heavy (non-hydrogen) atoms. The number of hydrogen-bond donors (Lipinski definition) is 0. The number of rotatable bonds is 0. The number of oxazole rings is 1. The second-order valence-electron chi connectivity index (χ2n) is 1.92. The molecule has 2 rings (SSSR count). The van der Waals surface area contributed by atoms with Crippen LogP contribution in [0, 0.1) is 0 Å². The Kier molecular flexibility index (Phi) is 1.33. The van der Waals surface area contributed by atoms with Crippen LogP contribution in [0.2, 0.25) is 0 Å². The molecule has 0 saturated heterocycles. The molecule has 1 aromatic carbocycles. The fraction of sp³-hybridized carbons (Fsp3) is 0. The third-order valence-corrected chi connectivity index (χ3v) is 1.77. The van der Waals surface area contributed by atoms with Gasteiger partial charge in [-0.25, -0.2) is 0 Å². The Morgan fingerprint density at radius 1 is 1.30 bits per heavy atom. The average Bonchev–Trinajstić information content (AvgIpc) is 2.27. The molecule has 0 aliphatic carbocycles. The molecular formula is C7H4IrNO. The van der Waals surface area contributed by atoms with E-state index in [0.717, 1.165) is 15.5 Å². The van der Waals surface area contributed by atoms with Crippen LogP contribution in [0.1, 0.15) is 0 Å². The molecule has 0 fully saturated rings. The first-order valence-electron chi connectivity index (χ1n) is 2.85. The SMILES string of the molecule is [Ir][c]1nc2ccccc2o1. The molecule has 2 nitrogen and oxygen atoms in total. The molecule has 0 spiro atoms. The zero-order valence-corrected chi connectivity index (χ0v) is 7.39. The number of fused-ring (bicyclic) bond motifs is 1. The topological polar surface area (TPSA) is 26.0 Å². The maximum absolute atomic E-state index is 5.26. The van der Waals surface area contributed by atoms with E-state index in [1.54, 1.807) is 0 Å². The molecule has 52 valence electrons. The van der Waals surface area contributed by atoms with Gasteiger partial charge < -0.3 is 0 Å². The van der Waals surface area contributed by atoms with Gasteiger partial charge in [0, 0.05) is 0 Å². The Labute approximate surface area is 68.4 Å². The predicted molar refractivity (Wildman–Crippen MR) is 33.6 cm³/mol. The van der Waals surface area contributed by atoms with Crippen molar-refractivity contribution in [2.75, 3.05) is 0 Å². The van der Waals surface area contributed by atoms with E-state index < -0.39 is 0 Å². The summed E-state index contributed by atoms with van der Waals surface area (Å²) in [6.07, 6.45) is 0. The van der Waals surface area contributed by atoms with Gasteiger partial charge in [-0.1, -0.05) is 0 Å². The number of aromatic nitrogens is 1. The Hall–Kier alpha value is -0.661. The fourth-order valence-electron chi connectivity index (χ4n) is 0.834. The quantitative estimate of drug-likeness (QED) is 0.726. The van der Waals surface area contributed by atoms with Crippen molar-refractivity contribution in [2.45, 2.75) is 0 Å². The Morgan fingerprint density at radius 2 is 2.10 bits per heavy atom. The van der Waals surface area contributed by atoms with Crippen molar-refractivity contribution in [1.29, 1.82) is 0 Å². The molecule has 0 bridgehead atoms. The first kappa shape index (κ1) is 6.08. The maximum atomic E-state index is 5.26. The van der Waals surface area contributed by atoms with Gasteiger partial charge in [-0.15, -0.1) is 0 Å². The van der Waals surface area contributed by atoms with Crippen molar-refractivity contribution in [2.24, 2.45) is 0 Å². The first-order chi connectivity index (χ1) is 4.86. The third kappa shape index (κ3) is 0.877. The fourth-order valence-corrected chi connectivity index (χ4v) is 1.39. The van der Waals surface area contributed by atoms with Gasteiger partial charge in [0.15, 0.2) is 0 Å². The Balaban J connectivity index is 2.88. The van der Waals surface area contributed by atoms with Crippen LogP contribution >= 0.6 is 0 Å². The summed E-state index contributed by atoms with van der Waals surface area (Å²) in [5.74, 6) is 0. The summed E-state index contributed by atoms with van der Waals surface area (Å²) in [7, 11) is 0. The normalized spacial score (nSPS) is 10.6. The molecule has 0 aliphatic rings. The zero-order valence-electron chi connectivity index (χ0n) is 5.00. The summed E-state index contributed by atoms with van der Waals surface area (Å²) >= 11 is 1.85. The van der Waals surface area contributed by atoms with Crippen molar-refractivity contribution in [1.82, 2.24) is 4.98 Å². The van der Waals surface area contributed by atoms with Gasteiger partial charge in [-0.05, 0) is 0 Å². The summed E-state index contributed by atoms with van der Waals surface area (Å²) < 4.78 is 5.98. The molecule has 0 aliphatic heterocycles. The van der Waals surface area contributed by atoms with E-state index in [4.69, 9.17) is 4.42 Å². The minimum atomic E-state index is 0.723. The molecule has 1 aromatic heterocycles. The van der Waals surface area contributed by atoms with E-state index in [1.165, 1.54) is 0 Å². The van der Waals surface area contributed by atoms with Gasteiger partial charge >= 0.3 is 68.1 Å². The van der Waals surface area contributed by atoms with E-state index in [9.17, 15) is 0 Å². The van der Waals surface area contributed by atoms with E-state index in [-0.39, 0.29) is 0 Å². The Bertz CT molecular complexity index is 322. The average molecular weight is 310 g/mol. The molecule has 1 heterocycles. The van der Waals surface area contributed by atoms with E-state index in [2.05, 4.69) is 4.98 Å². The number of benzene rings is 1. The third-order valence-electron chi connectivity index (χ3n) is 1.26. The summed E-state index contributed by atoms with van der Waals surface area (Å²) in [4.78, 5) is 4.15. The standard InChI is InChI=1S/C7H4NO.Ir/c1-2-4-7-6(3-1)8-5-9-7;/h1-4H;. The van der Waals surface area contributed by atoms with E-state index in [1.807, 2.05) is 43.2 Å². The monoisotopic (exact) mass is 311 g/mol. The second-order valence-corrected chi connectivity index (χ2v) is 2.94. The van der Waals surface area contributed by atoms with Gasteiger partial charge in [-0.2, -0.15) is 0 Å². The van der Waals surface area contributed by atoms with Crippen LogP contribution in [0.25, 0.3) is 11.1 Å². The van der Waals surface area contributed by atoms with Crippen LogP contribution in [0.4, 0.5) is 0 Å². The second kappa shape index (κ2) is 2.18. The molecule has 0 N–H and O–H groups in total. The van der Waals surface area contributed by atoms with Gasteiger partial charge in [0.1, 0.15) is 0 Å². The molecule has 0 amide bonds. The molecule has 0 unspecified atom stereocenters. The molecule has 2 aromatic rings. The van der Waals surface area contributed by atoms with Crippen LogP contribution in [-0.2, 0) is 18.9 Å². The van der Waals surface area contributed by atoms with Crippen molar-refractivity contribution in [3.8, 4) is 0 Å². The summed E-state index contributed by atoms with van der Waals surface area (Å²) in [6, 6.07) is 7.73. The molecule has 3 heteroatoms. The van der Waals surface area contributed by atoms with Gasteiger partial charge in [0.2, 0.25) is 0 Å². The van der Waals surface area contributed by atoms with Gasteiger partial charge in [0.05, 0.1) is 0 Å². The minimum absolute atomic E-state index is 0.723. The summed E-state index contributed by atoms with van der Waals surface area (Å²) in [5.41, 5.74) is 1.79. The number of para-hydroxylation sites is 2. The van der Waals surface area contributed by atoms with Crippen LogP contribution < -0.4 is 4.40 Å². The van der Waals surface area contributed by atoms with Crippen molar-refractivity contribution < 1.29 is 23.3 Å². The van der Waals surface area contributed by atoms with E-state index in [0.29, 0.717) is 0 Å². The zero-order chi connectivity index (χ0) is 6.97. The van der Waals surface area contributed by atoms with Gasteiger partial charge in [0.25, 0.3) is 0 Å². The molecule has 0 radical (unpaired) electrons. The van der Waals surface area contributed by atoms with E-state index >= 15 is 0 Å². The van der Waals surface area contributed by atoms with Crippen LogP contribution in [0.3, 0.4) is 0 Å².